The van der Waals surface area contributed by atoms with Crippen molar-refractivity contribution in [1.82, 2.24) is 15.2 Å². The van der Waals surface area contributed by atoms with E-state index in [9.17, 15) is 0 Å². The van der Waals surface area contributed by atoms with Gasteiger partial charge in [0.15, 0.2) is 0 Å². The molecule has 0 fully saturated rings. The summed E-state index contributed by atoms with van der Waals surface area (Å²) in [5.74, 6) is 0. The average molecular weight is 186 g/mol. The quantitative estimate of drug-likeness (QED) is 0.676. The second-order valence-corrected chi connectivity index (χ2v) is 3.01. The Morgan fingerprint density at radius 3 is 2.92 bits per heavy atom. The van der Waals surface area contributed by atoms with Crippen molar-refractivity contribution in [1.29, 1.82) is 0 Å². The highest BCUT2D eigenvalue weighted by Gasteiger charge is 1.96. The van der Waals surface area contributed by atoms with Crippen LogP contribution in [0.25, 0.3) is 0 Å². The number of nitrogens with zero attached hydrogens (tertiary/aromatic N) is 3. The molecule has 0 N–H and O–H groups in total. The Bertz CT molecular complexity index is 239. The lowest BCUT2D eigenvalue weighted by Gasteiger charge is -1.97. The molecule has 0 bridgehead atoms. The maximum Gasteiger partial charge on any atom is 0.243 e. The lowest BCUT2D eigenvalue weighted by molar-refractivity contribution is 0.700. The Labute approximate surface area is 77.2 Å². The third kappa shape index (κ3) is 3.13. The molecule has 0 aliphatic rings. The van der Waals surface area contributed by atoms with Gasteiger partial charge in [0.2, 0.25) is 5.28 Å². The first-order chi connectivity index (χ1) is 5.83. The van der Waals surface area contributed by atoms with Gasteiger partial charge in [-0.3, -0.25) is 0 Å². The van der Waals surface area contributed by atoms with Crippen molar-refractivity contribution in [2.45, 2.75) is 32.6 Å². The van der Waals surface area contributed by atoms with Crippen LogP contribution in [-0.2, 0) is 6.42 Å². The minimum atomic E-state index is 0.240. The smallest absolute Gasteiger partial charge is 0.220 e. The highest BCUT2D eigenvalue weighted by molar-refractivity contribution is 6.28. The van der Waals surface area contributed by atoms with Crippen molar-refractivity contribution in [3.63, 3.8) is 0 Å². The van der Waals surface area contributed by atoms with E-state index in [1.807, 2.05) is 0 Å². The summed E-state index contributed by atoms with van der Waals surface area (Å²) in [6.07, 6.45) is 6.20. The van der Waals surface area contributed by atoms with Gasteiger partial charge in [0.25, 0.3) is 0 Å². The molecule has 0 atom stereocenters. The molecule has 4 heteroatoms. The largest absolute Gasteiger partial charge is 0.243 e. The molecule has 1 heterocycles. The van der Waals surface area contributed by atoms with Crippen LogP contribution < -0.4 is 0 Å². The van der Waals surface area contributed by atoms with Gasteiger partial charge in [-0.15, -0.1) is 5.10 Å². The van der Waals surface area contributed by atoms with E-state index in [4.69, 9.17) is 11.6 Å². The summed E-state index contributed by atoms with van der Waals surface area (Å²) < 4.78 is 0. The van der Waals surface area contributed by atoms with Crippen LogP contribution in [0.3, 0.4) is 0 Å². The molecule has 3 nitrogen and oxygen atoms in total. The molecule has 0 amide bonds. The topological polar surface area (TPSA) is 38.7 Å². The number of hydrogen-bond acceptors (Lipinski definition) is 3. The van der Waals surface area contributed by atoms with E-state index >= 15 is 0 Å². The highest BCUT2D eigenvalue weighted by atomic mass is 35.5. The lowest BCUT2D eigenvalue weighted by Crippen LogP contribution is -1.94. The fourth-order valence-corrected chi connectivity index (χ4v) is 1.14. The van der Waals surface area contributed by atoms with Crippen molar-refractivity contribution in [2.24, 2.45) is 0 Å². The molecular weight excluding hydrogens is 174 g/mol. The summed E-state index contributed by atoms with van der Waals surface area (Å²) in [7, 11) is 0. The monoisotopic (exact) mass is 185 g/mol. The van der Waals surface area contributed by atoms with E-state index in [0.29, 0.717) is 0 Å². The SMILES string of the molecule is CCCCCc1cnnc(Cl)n1. The summed E-state index contributed by atoms with van der Waals surface area (Å²) in [5, 5.41) is 7.53. The van der Waals surface area contributed by atoms with Crippen molar-refractivity contribution in [2.75, 3.05) is 0 Å². The Kier molecular flexibility index (Phi) is 3.94. The van der Waals surface area contributed by atoms with Crippen LogP contribution in [-0.4, -0.2) is 15.2 Å². The fourth-order valence-electron chi connectivity index (χ4n) is 0.989. The molecule has 66 valence electrons. The highest BCUT2D eigenvalue weighted by Crippen LogP contribution is 2.04. The molecular formula is C8H12ClN3. The van der Waals surface area contributed by atoms with E-state index in [0.717, 1.165) is 18.5 Å². The lowest BCUT2D eigenvalue weighted by atomic mass is 10.2. The van der Waals surface area contributed by atoms with Gasteiger partial charge in [-0.1, -0.05) is 19.8 Å². The second-order valence-electron chi connectivity index (χ2n) is 2.67. The summed E-state index contributed by atoms with van der Waals surface area (Å²) >= 11 is 5.57. The van der Waals surface area contributed by atoms with Crippen molar-refractivity contribution in [3.05, 3.63) is 17.2 Å². The maximum absolute atomic E-state index is 5.57. The van der Waals surface area contributed by atoms with E-state index in [2.05, 4.69) is 22.1 Å². The number of aryl methyl sites for hydroxylation is 1. The summed E-state index contributed by atoms with van der Waals surface area (Å²) in [4.78, 5) is 4.04. The van der Waals surface area contributed by atoms with Crippen LogP contribution in [0.2, 0.25) is 5.28 Å². The van der Waals surface area contributed by atoms with Gasteiger partial charge in [0.1, 0.15) is 0 Å². The van der Waals surface area contributed by atoms with Gasteiger partial charge >= 0.3 is 0 Å². The van der Waals surface area contributed by atoms with Crippen LogP contribution in [0.5, 0.6) is 0 Å². The number of hydrogen-bond donors (Lipinski definition) is 0. The van der Waals surface area contributed by atoms with Crippen molar-refractivity contribution >= 4 is 11.6 Å². The summed E-state index contributed by atoms with van der Waals surface area (Å²) in [5.41, 5.74) is 0.934. The van der Waals surface area contributed by atoms with Gasteiger partial charge < -0.3 is 0 Å². The van der Waals surface area contributed by atoms with E-state index in [1.54, 1.807) is 6.20 Å². The van der Waals surface area contributed by atoms with Crippen LogP contribution in [0, 0.1) is 0 Å². The Balaban J connectivity index is 2.41. The van der Waals surface area contributed by atoms with E-state index in [1.165, 1.54) is 12.8 Å². The summed E-state index contributed by atoms with van der Waals surface area (Å²) in [6.45, 7) is 2.17. The molecule has 1 rings (SSSR count). The van der Waals surface area contributed by atoms with Crippen LogP contribution in [0.15, 0.2) is 6.20 Å². The molecule has 0 saturated heterocycles. The van der Waals surface area contributed by atoms with Crippen molar-refractivity contribution in [3.8, 4) is 0 Å². The molecule has 0 radical (unpaired) electrons. The normalized spacial score (nSPS) is 10.2. The van der Waals surface area contributed by atoms with Crippen LogP contribution >= 0.6 is 11.6 Å². The molecule has 1 aromatic rings. The Hall–Kier alpha value is -0.700. The minimum Gasteiger partial charge on any atom is -0.220 e. The zero-order chi connectivity index (χ0) is 8.81. The van der Waals surface area contributed by atoms with Gasteiger partial charge in [0.05, 0.1) is 11.9 Å². The Morgan fingerprint density at radius 2 is 2.25 bits per heavy atom. The maximum atomic E-state index is 5.57. The van der Waals surface area contributed by atoms with Crippen LogP contribution in [0.4, 0.5) is 0 Å². The minimum absolute atomic E-state index is 0.240. The van der Waals surface area contributed by atoms with Gasteiger partial charge in [-0.05, 0) is 24.4 Å². The number of aromatic nitrogens is 3. The molecule has 1 aromatic heterocycles. The van der Waals surface area contributed by atoms with Gasteiger partial charge in [0, 0.05) is 0 Å². The average Bonchev–Trinajstić information content (AvgIpc) is 2.05. The molecule has 0 unspecified atom stereocenters. The predicted octanol–water partition coefficient (Wildman–Crippen LogP) is 2.26. The van der Waals surface area contributed by atoms with Crippen molar-refractivity contribution < 1.29 is 0 Å². The zero-order valence-corrected chi connectivity index (χ0v) is 7.88. The molecule has 0 spiro atoms. The molecule has 12 heavy (non-hydrogen) atoms. The van der Waals surface area contributed by atoms with E-state index < -0.39 is 0 Å². The first-order valence-corrected chi connectivity index (χ1v) is 4.55. The molecule has 0 aliphatic heterocycles. The third-order valence-corrected chi connectivity index (χ3v) is 1.78. The first kappa shape index (κ1) is 9.39. The van der Waals surface area contributed by atoms with Gasteiger partial charge in [-0.25, -0.2) is 4.98 Å². The first-order valence-electron chi connectivity index (χ1n) is 4.17. The fraction of sp³-hybridized carbons (Fsp3) is 0.625. The number of rotatable bonds is 4. The van der Waals surface area contributed by atoms with Gasteiger partial charge in [-0.2, -0.15) is 5.10 Å². The molecule has 0 aromatic carbocycles. The number of halogens is 1. The zero-order valence-electron chi connectivity index (χ0n) is 7.13. The Morgan fingerprint density at radius 1 is 1.42 bits per heavy atom. The van der Waals surface area contributed by atoms with Crippen LogP contribution in [0.1, 0.15) is 31.9 Å². The second kappa shape index (κ2) is 5.04. The number of unbranched alkanes of at least 4 members (excludes halogenated alkanes) is 2. The standard InChI is InChI=1S/C8H12ClN3/c1-2-3-4-5-7-6-10-12-8(9)11-7/h6H,2-5H2,1H3. The predicted molar refractivity (Wildman–Crippen MR) is 48.1 cm³/mol. The summed E-state index contributed by atoms with van der Waals surface area (Å²) in [6, 6.07) is 0. The third-order valence-electron chi connectivity index (χ3n) is 1.62. The van der Waals surface area contributed by atoms with E-state index in [-0.39, 0.29) is 5.28 Å². The molecule has 0 saturated carbocycles. The molecule has 0 aliphatic carbocycles.